The Labute approximate surface area is 184 Å². The molecule has 0 bridgehead atoms. The maximum absolute atomic E-state index is 13.3. The van der Waals surface area contributed by atoms with E-state index < -0.39 is 6.04 Å². The molecule has 0 aromatic heterocycles. The quantitative estimate of drug-likeness (QED) is 0.604. The first kappa shape index (κ1) is 24.4. The van der Waals surface area contributed by atoms with Gasteiger partial charge in [-0.05, 0) is 74.6 Å². The predicted molar refractivity (Wildman–Crippen MR) is 120 cm³/mol. The molecule has 2 atom stereocenters. The van der Waals surface area contributed by atoms with Gasteiger partial charge in [0.1, 0.15) is 17.6 Å². The Bertz CT molecular complexity index is 883. The van der Waals surface area contributed by atoms with Crippen LogP contribution in [0.15, 0.2) is 42.5 Å². The molecule has 0 fully saturated rings. The van der Waals surface area contributed by atoms with E-state index in [1.165, 1.54) is 17.0 Å². The summed E-state index contributed by atoms with van der Waals surface area (Å²) in [4.78, 5) is 27.6. The van der Waals surface area contributed by atoms with Crippen LogP contribution < -0.4 is 10.1 Å². The second-order valence-corrected chi connectivity index (χ2v) is 7.92. The van der Waals surface area contributed by atoms with E-state index >= 15 is 0 Å². The van der Waals surface area contributed by atoms with Gasteiger partial charge in [-0.2, -0.15) is 0 Å². The summed E-state index contributed by atoms with van der Waals surface area (Å²) in [6.07, 6.45) is 1.25. The molecule has 2 aromatic carbocycles. The van der Waals surface area contributed by atoms with Crippen molar-refractivity contribution in [3.63, 3.8) is 0 Å². The van der Waals surface area contributed by atoms with E-state index in [4.69, 9.17) is 4.74 Å². The first-order chi connectivity index (χ1) is 14.7. The van der Waals surface area contributed by atoms with Crippen LogP contribution in [0.4, 0.5) is 4.39 Å². The zero-order chi connectivity index (χ0) is 23.0. The number of hydrogen-bond acceptors (Lipinski definition) is 3. The highest BCUT2D eigenvalue weighted by molar-refractivity contribution is 5.88. The van der Waals surface area contributed by atoms with Gasteiger partial charge in [0.25, 0.3) is 5.91 Å². The standard InChI is InChI=1S/C25H33FN2O3/c1-6-19(5)27-25(30)23(7-2)28(15-20-9-11-21(26)12-10-20)24(29)16-31-22-13-8-17(3)18(4)14-22/h8-14,19,23H,6-7,15-16H2,1-5H3,(H,27,30). The molecule has 0 aliphatic carbocycles. The molecule has 2 aromatic rings. The summed E-state index contributed by atoms with van der Waals surface area (Å²) in [5.74, 6) is -0.233. The summed E-state index contributed by atoms with van der Waals surface area (Å²) in [5, 5.41) is 2.96. The normalized spacial score (nSPS) is 12.7. The van der Waals surface area contributed by atoms with Crippen molar-refractivity contribution in [1.82, 2.24) is 10.2 Å². The van der Waals surface area contributed by atoms with Gasteiger partial charge in [0.2, 0.25) is 5.91 Å². The largest absolute Gasteiger partial charge is 0.484 e. The smallest absolute Gasteiger partial charge is 0.261 e. The Hall–Kier alpha value is -2.89. The van der Waals surface area contributed by atoms with Crippen LogP contribution >= 0.6 is 0 Å². The van der Waals surface area contributed by atoms with Crippen molar-refractivity contribution in [3.05, 3.63) is 65.0 Å². The fourth-order valence-corrected chi connectivity index (χ4v) is 3.18. The lowest BCUT2D eigenvalue weighted by Gasteiger charge is -2.31. The number of nitrogens with zero attached hydrogens (tertiary/aromatic N) is 1. The minimum Gasteiger partial charge on any atom is -0.484 e. The maximum Gasteiger partial charge on any atom is 0.261 e. The van der Waals surface area contributed by atoms with Gasteiger partial charge >= 0.3 is 0 Å². The van der Waals surface area contributed by atoms with E-state index in [1.807, 2.05) is 52.8 Å². The third-order valence-corrected chi connectivity index (χ3v) is 5.49. The molecule has 168 valence electrons. The van der Waals surface area contributed by atoms with Crippen molar-refractivity contribution in [2.45, 2.75) is 66.1 Å². The number of halogens is 1. The number of nitrogens with one attached hydrogen (secondary N) is 1. The highest BCUT2D eigenvalue weighted by Crippen LogP contribution is 2.18. The van der Waals surface area contributed by atoms with E-state index in [-0.39, 0.29) is 36.8 Å². The number of carbonyl (C=O) groups is 2. The molecular weight excluding hydrogens is 395 g/mol. The van der Waals surface area contributed by atoms with Crippen molar-refractivity contribution < 1.29 is 18.7 Å². The Morgan fingerprint density at radius 1 is 1.03 bits per heavy atom. The van der Waals surface area contributed by atoms with Crippen LogP contribution in [-0.4, -0.2) is 35.4 Å². The van der Waals surface area contributed by atoms with Crippen LogP contribution in [0.1, 0.15) is 50.3 Å². The number of benzene rings is 2. The van der Waals surface area contributed by atoms with Crippen LogP contribution in [0.2, 0.25) is 0 Å². The van der Waals surface area contributed by atoms with Gasteiger partial charge < -0.3 is 15.0 Å². The number of amides is 2. The summed E-state index contributed by atoms with van der Waals surface area (Å²) >= 11 is 0. The number of aryl methyl sites for hydroxylation is 2. The molecular formula is C25H33FN2O3. The number of ether oxygens (including phenoxy) is 1. The second kappa shape index (κ2) is 11.5. The van der Waals surface area contributed by atoms with E-state index in [1.54, 1.807) is 12.1 Å². The number of rotatable bonds is 10. The summed E-state index contributed by atoms with van der Waals surface area (Å²) in [5.41, 5.74) is 2.97. The average Bonchev–Trinajstić information content (AvgIpc) is 2.75. The predicted octanol–water partition coefficient (Wildman–Crippen LogP) is 4.54. The van der Waals surface area contributed by atoms with Crippen molar-refractivity contribution >= 4 is 11.8 Å². The molecule has 0 aliphatic rings. The fraction of sp³-hybridized carbons (Fsp3) is 0.440. The Balaban J connectivity index is 2.21. The first-order valence-electron chi connectivity index (χ1n) is 10.8. The minimum atomic E-state index is -0.644. The third-order valence-electron chi connectivity index (χ3n) is 5.49. The lowest BCUT2D eigenvalue weighted by Crippen LogP contribution is -2.51. The Morgan fingerprint density at radius 2 is 1.71 bits per heavy atom. The van der Waals surface area contributed by atoms with Crippen LogP contribution in [0.5, 0.6) is 5.75 Å². The van der Waals surface area contributed by atoms with Crippen LogP contribution in [0.25, 0.3) is 0 Å². The van der Waals surface area contributed by atoms with E-state index in [9.17, 15) is 14.0 Å². The Morgan fingerprint density at radius 3 is 2.29 bits per heavy atom. The lowest BCUT2D eigenvalue weighted by molar-refractivity contribution is -0.143. The zero-order valence-electron chi connectivity index (χ0n) is 19.1. The van der Waals surface area contributed by atoms with Gasteiger partial charge in [-0.15, -0.1) is 0 Å². The second-order valence-electron chi connectivity index (χ2n) is 7.92. The highest BCUT2D eigenvalue weighted by atomic mass is 19.1. The third kappa shape index (κ3) is 7.09. The molecule has 0 saturated carbocycles. The number of hydrogen-bond donors (Lipinski definition) is 1. The summed E-state index contributed by atoms with van der Waals surface area (Å²) in [6.45, 7) is 9.80. The molecule has 2 rings (SSSR count). The van der Waals surface area contributed by atoms with Gasteiger partial charge in [-0.1, -0.05) is 32.0 Å². The molecule has 1 N–H and O–H groups in total. The van der Waals surface area contributed by atoms with Gasteiger partial charge in [0.15, 0.2) is 6.61 Å². The van der Waals surface area contributed by atoms with Crippen molar-refractivity contribution in [2.24, 2.45) is 0 Å². The maximum atomic E-state index is 13.3. The van der Waals surface area contributed by atoms with Crippen LogP contribution in [-0.2, 0) is 16.1 Å². The monoisotopic (exact) mass is 428 g/mol. The molecule has 0 heterocycles. The molecule has 0 aliphatic heterocycles. The molecule has 5 nitrogen and oxygen atoms in total. The fourth-order valence-electron chi connectivity index (χ4n) is 3.18. The lowest BCUT2D eigenvalue weighted by atomic mass is 10.1. The number of carbonyl (C=O) groups excluding carboxylic acids is 2. The van der Waals surface area contributed by atoms with Gasteiger partial charge in [0, 0.05) is 12.6 Å². The van der Waals surface area contributed by atoms with Gasteiger partial charge in [-0.25, -0.2) is 4.39 Å². The van der Waals surface area contributed by atoms with Crippen molar-refractivity contribution in [2.75, 3.05) is 6.61 Å². The van der Waals surface area contributed by atoms with E-state index in [0.717, 1.165) is 23.1 Å². The molecule has 2 amide bonds. The molecule has 6 heteroatoms. The molecule has 31 heavy (non-hydrogen) atoms. The topological polar surface area (TPSA) is 58.6 Å². The molecule has 2 unspecified atom stereocenters. The van der Waals surface area contributed by atoms with Crippen LogP contribution in [0, 0.1) is 19.7 Å². The van der Waals surface area contributed by atoms with Crippen molar-refractivity contribution in [1.29, 1.82) is 0 Å². The van der Waals surface area contributed by atoms with Crippen molar-refractivity contribution in [3.8, 4) is 5.75 Å². The zero-order valence-corrected chi connectivity index (χ0v) is 19.1. The van der Waals surface area contributed by atoms with Crippen LogP contribution in [0.3, 0.4) is 0 Å². The first-order valence-corrected chi connectivity index (χ1v) is 10.8. The minimum absolute atomic E-state index is 0.0103. The van der Waals surface area contributed by atoms with E-state index in [0.29, 0.717) is 12.2 Å². The summed E-state index contributed by atoms with van der Waals surface area (Å²) in [7, 11) is 0. The van der Waals surface area contributed by atoms with Gasteiger partial charge in [0.05, 0.1) is 0 Å². The average molecular weight is 429 g/mol. The van der Waals surface area contributed by atoms with Gasteiger partial charge in [-0.3, -0.25) is 9.59 Å². The summed E-state index contributed by atoms with van der Waals surface area (Å²) < 4.78 is 19.1. The highest BCUT2D eigenvalue weighted by Gasteiger charge is 2.29. The summed E-state index contributed by atoms with van der Waals surface area (Å²) in [6, 6.07) is 11.0. The Kier molecular flexibility index (Phi) is 9.03. The SMILES string of the molecule is CCC(C)NC(=O)C(CC)N(Cc1ccc(F)cc1)C(=O)COc1ccc(C)c(C)c1. The molecule has 0 spiro atoms. The molecule has 0 radical (unpaired) electrons. The molecule has 0 saturated heterocycles. The van der Waals surface area contributed by atoms with E-state index in [2.05, 4.69) is 5.32 Å².